The van der Waals surface area contributed by atoms with Gasteiger partial charge in [-0.05, 0) is 42.8 Å². The molecule has 0 saturated carbocycles. The van der Waals surface area contributed by atoms with Crippen molar-refractivity contribution in [3.8, 4) is 0 Å². The second-order valence-corrected chi connectivity index (χ2v) is 6.85. The van der Waals surface area contributed by atoms with E-state index in [1.54, 1.807) is 6.07 Å². The maximum absolute atomic E-state index is 12.8. The van der Waals surface area contributed by atoms with Gasteiger partial charge in [0, 0.05) is 15.9 Å². The summed E-state index contributed by atoms with van der Waals surface area (Å²) in [7, 11) is 0. The van der Waals surface area contributed by atoms with Gasteiger partial charge < -0.3 is 4.42 Å². The average Bonchev–Trinajstić information content (AvgIpc) is 2.57. The van der Waals surface area contributed by atoms with Crippen molar-refractivity contribution in [3.63, 3.8) is 0 Å². The van der Waals surface area contributed by atoms with Crippen LogP contribution in [0.1, 0.15) is 11.1 Å². The number of nitrogens with zero attached hydrogens (tertiary/aromatic N) is 2. The number of rotatable bonds is 2. The maximum Gasteiger partial charge on any atom is 0.336 e. The Morgan fingerprint density at radius 2 is 1.92 bits per heavy atom. The first kappa shape index (κ1) is 15.8. The van der Waals surface area contributed by atoms with Crippen LogP contribution < -0.4 is 11.2 Å². The van der Waals surface area contributed by atoms with Crippen molar-refractivity contribution in [1.29, 1.82) is 0 Å². The highest BCUT2D eigenvalue weighted by atomic mass is 79.9. The van der Waals surface area contributed by atoms with Crippen molar-refractivity contribution in [1.82, 2.24) is 9.55 Å². The molecule has 2 aromatic heterocycles. The highest BCUT2D eigenvalue weighted by Crippen LogP contribution is 2.22. The zero-order chi connectivity index (χ0) is 17.6. The van der Waals surface area contributed by atoms with Crippen LogP contribution in [-0.2, 0) is 6.54 Å². The van der Waals surface area contributed by atoms with Gasteiger partial charge in [-0.1, -0.05) is 27.6 Å². The van der Waals surface area contributed by atoms with Crippen LogP contribution in [0.3, 0.4) is 0 Å². The van der Waals surface area contributed by atoms with E-state index in [0.29, 0.717) is 16.5 Å². The number of hydrogen-bond acceptors (Lipinski definition) is 4. The van der Waals surface area contributed by atoms with Crippen LogP contribution in [0.4, 0.5) is 0 Å². The zero-order valence-corrected chi connectivity index (χ0v) is 14.9. The second kappa shape index (κ2) is 5.97. The summed E-state index contributed by atoms with van der Waals surface area (Å²) >= 11 is 3.37. The Morgan fingerprint density at radius 3 is 2.76 bits per heavy atom. The molecule has 0 aliphatic rings. The standard InChI is InChI=1S/C19H13BrN2O3/c1-11-2-5-16-15(6-11)19(24)22(10-21-16)9-12-7-18(23)25-17-8-13(20)3-4-14(12)17/h2-8,10H,9H2,1H3. The Balaban J connectivity index is 1.90. The topological polar surface area (TPSA) is 65.1 Å². The summed E-state index contributed by atoms with van der Waals surface area (Å²) < 4.78 is 7.58. The van der Waals surface area contributed by atoms with E-state index in [9.17, 15) is 9.59 Å². The molecule has 124 valence electrons. The molecule has 0 N–H and O–H groups in total. The molecular formula is C19H13BrN2O3. The highest BCUT2D eigenvalue weighted by Gasteiger charge is 2.10. The molecule has 5 nitrogen and oxygen atoms in total. The van der Waals surface area contributed by atoms with E-state index < -0.39 is 5.63 Å². The molecule has 0 aliphatic carbocycles. The van der Waals surface area contributed by atoms with Gasteiger partial charge >= 0.3 is 5.63 Å². The molecule has 6 heteroatoms. The van der Waals surface area contributed by atoms with E-state index in [1.807, 2.05) is 37.3 Å². The van der Waals surface area contributed by atoms with Gasteiger partial charge in [-0.3, -0.25) is 9.36 Å². The summed E-state index contributed by atoms with van der Waals surface area (Å²) in [5.41, 5.74) is 2.28. The van der Waals surface area contributed by atoms with Crippen molar-refractivity contribution in [2.24, 2.45) is 0 Å². The minimum atomic E-state index is -0.446. The monoisotopic (exact) mass is 396 g/mol. The van der Waals surface area contributed by atoms with E-state index in [4.69, 9.17) is 4.42 Å². The van der Waals surface area contributed by atoms with Gasteiger partial charge in [-0.25, -0.2) is 9.78 Å². The number of fused-ring (bicyclic) bond motifs is 2. The van der Waals surface area contributed by atoms with Crippen LogP contribution in [0.25, 0.3) is 21.9 Å². The molecule has 25 heavy (non-hydrogen) atoms. The van der Waals surface area contributed by atoms with Crippen LogP contribution in [0, 0.1) is 6.92 Å². The molecule has 4 rings (SSSR count). The molecule has 0 radical (unpaired) electrons. The summed E-state index contributed by atoms with van der Waals surface area (Å²) in [6.07, 6.45) is 1.51. The predicted octanol–water partition coefficient (Wildman–Crippen LogP) is 3.62. The lowest BCUT2D eigenvalue weighted by atomic mass is 10.1. The number of aryl methyl sites for hydroxylation is 1. The molecule has 2 heterocycles. The molecule has 0 saturated heterocycles. The molecule has 0 amide bonds. The maximum atomic E-state index is 12.8. The SMILES string of the molecule is Cc1ccc2ncn(Cc3cc(=O)oc4cc(Br)ccc34)c(=O)c2c1. The van der Waals surface area contributed by atoms with Crippen molar-refractivity contribution in [3.05, 3.63) is 85.2 Å². The fourth-order valence-corrected chi connectivity index (χ4v) is 3.24. The van der Waals surface area contributed by atoms with Crippen LogP contribution in [0.2, 0.25) is 0 Å². The molecule has 0 unspecified atom stereocenters. The molecule has 0 aliphatic heterocycles. The molecule has 0 atom stereocenters. The van der Waals surface area contributed by atoms with Gasteiger partial charge in [0.15, 0.2) is 0 Å². The third-order valence-corrected chi connectivity index (χ3v) is 4.61. The van der Waals surface area contributed by atoms with E-state index in [2.05, 4.69) is 20.9 Å². The van der Waals surface area contributed by atoms with E-state index in [-0.39, 0.29) is 12.1 Å². The van der Waals surface area contributed by atoms with Crippen LogP contribution in [0.5, 0.6) is 0 Å². The Labute approximate surface area is 150 Å². The quantitative estimate of drug-likeness (QED) is 0.485. The number of halogens is 1. The van der Waals surface area contributed by atoms with E-state index >= 15 is 0 Å². The largest absolute Gasteiger partial charge is 0.423 e. The number of aromatic nitrogens is 2. The first-order chi connectivity index (χ1) is 12.0. The van der Waals surface area contributed by atoms with Gasteiger partial charge in [0.25, 0.3) is 5.56 Å². The van der Waals surface area contributed by atoms with Gasteiger partial charge in [0.1, 0.15) is 5.58 Å². The molecule has 2 aromatic carbocycles. The summed E-state index contributed by atoms with van der Waals surface area (Å²) in [6, 6.07) is 12.5. The summed E-state index contributed by atoms with van der Waals surface area (Å²) in [4.78, 5) is 29.0. The Morgan fingerprint density at radius 1 is 1.08 bits per heavy atom. The third kappa shape index (κ3) is 2.89. The van der Waals surface area contributed by atoms with E-state index in [1.165, 1.54) is 17.0 Å². The Bertz CT molecular complexity index is 1240. The van der Waals surface area contributed by atoms with Gasteiger partial charge in [0.2, 0.25) is 0 Å². The van der Waals surface area contributed by atoms with E-state index in [0.717, 1.165) is 21.0 Å². The molecule has 4 aromatic rings. The lowest BCUT2D eigenvalue weighted by molar-refractivity contribution is 0.557. The zero-order valence-electron chi connectivity index (χ0n) is 13.3. The van der Waals surface area contributed by atoms with Gasteiger partial charge in [-0.2, -0.15) is 0 Å². The van der Waals surface area contributed by atoms with Crippen molar-refractivity contribution in [2.45, 2.75) is 13.5 Å². The molecular weight excluding hydrogens is 384 g/mol. The van der Waals surface area contributed by atoms with Gasteiger partial charge in [0.05, 0.1) is 23.8 Å². The summed E-state index contributed by atoms with van der Waals surface area (Å²) in [6.45, 7) is 2.18. The van der Waals surface area contributed by atoms with Crippen molar-refractivity contribution in [2.75, 3.05) is 0 Å². The number of benzene rings is 2. The lowest BCUT2D eigenvalue weighted by Crippen LogP contribution is -2.22. The normalized spacial score (nSPS) is 11.3. The van der Waals surface area contributed by atoms with Crippen molar-refractivity contribution >= 4 is 37.8 Å². The summed E-state index contributed by atoms with van der Waals surface area (Å²) in [5, 5.41) is 1.36. The lowest BCUT2D eigenvalue weighted by Gasteiger charge is -2.09. The average molecular weight is 397 g/mol. The molecule has 0 fully saturated rings. The first-order valence-electron chi connectivity index (χ1n) is 7.69. The Hall–Kier alpha value is -2.73. The minimum Gasteiger partial charge on any atom is -0.423 e. The highest BCUT2D eigenvalue weighted by molar-refractivity contribution is 9.10. The van der Waals surface area contributed by atoms with Crippen LogP contribution in [0.15, 0.2) is 67.3 Å². The summed E-state index contributed by atoms with van der Waals surface area (Å²) in [5.74, 6) is 0. The third-order valence-electron chi connectivity index (χ3n) is 4.11. The van der Waals surface area contributed by atoms with Crippen LogP contribution >= 0.6 is 15.9 Å². The predicted molar refractivity (Wildman–Crippen MR) is 100 cm³/mol. The van der Waals surface area contributed by atoms with Gasteiger partial charge in [-0.15, -0.1) is 0 Å². The minimum absolute atomic E-state index is 0.132. The van der Waals surface area contributed by atoms with Crippen molar-refractivity contribution < 1.29 is 4.42 Å². The fourth-order valence-electron chi connectivity index (χ4n) is 2.90. The Kier molecular flexibility index (Phi) is 3.77. The smallest absolute Gasteiger partial charge is 0.336 e. The molecule has 0 bridgehead atoms. The molecule has 0 spiro atoms. The second-order valence-electron chi connectivity index (χ2n) is 5.93. The van der Waals surface area contributed by atoms with Crippen LogP contribution in [-0.4, -0.2) is 9.55 Å². The number of hydrogen-bond donors (Lipinski definition) is 0. The fraction of sp³-hybridized carbons (Fsp3) is 0.105. The first-order valence-corrected chi connectivity index (χ1v) is 8.49.